The molecule has 2 bridgehead atoms. The van der Waals surface area contributed by atoms with E-state index < -0.39 is 0 Å². The Morgan fingerprint density at radius 1 is 1.08 bits per heavy atom. The van der Waals surface area contributed by atoms with Crippen molar-refractivity contribution >= 4 is 18.2 Å². The highest BCUT2D eigenvalue weighted by Crippen LogP contribution is 2.33. The van der Waals surface area contributed by atoms with Crippen LogP contribution in [0.3, 0.4) is 0 Å². The fraction of sp³-hybridized carbons (Fsp3) is 0.353. The molecule has 0 N–H and O–H groups in total. The Hall–Kier alpha value is -2.83. The van der Waals surface area contributed by atoms with Gasteiger partial charge in [0.2, 0.25) is 0 Å². The summed E-state index contributed by atoms with van der Waals surface area (Å²) in [5, 5.41) is 8.59. The lowest BCUT2D eigenvalue weighted by molar-refractivity contribution is -0.165. The van der Waals surface area contributed by atoms with Crippen LogP contribution in [0.4, 0.5) is 4.79 Å². The number of ether oxygens (including phenoxy) is 1. The van der Waals surface area contributed by atoms with E-state index in [1.165, 1.54) is 5.01 Å². The number of hydrogen-bond acceptors (Lipinski definition) is 4. The SMILES string of the molecule is COc1ccc(/C=N\N2CC(=O)N3[C@@H]4C=C[C@@H](CC4)N3C2=O)cc1. The maximum absolute atomic E-state index is 12.7. The van der Waals surface area contributed by atoms with Gasteiger partial charge in [-0.2, -0.15) is 5.10 Å². The quantitative estimate of drug-likeness (QED) is 0.626. The number of fused-ring (bicyclic) bond motifs is 1. The number of rotatable bonds is 3. The lowest BCUT2D eigenvalue weighted by Gasteiger charge is -2.52. The smallest absolute Gasteiger partial charge is 0.360 e. The van der Waals surface area contributed by atoms with E-state index in [2.05, 4.69) is 5.10 Å². The second-order valence-electron chi connectivity index (χ2n) is 6.04. The maximum atomic E-state index is 12.7. The predicted octanol–water partition coefficient (Wildman–Crippen LogP) is 1.61. The average Bonchev–Trinajstić information content (AvgIpc) is 2.64. The van der Waals surface area contributed by atoms with Gasteiger partial charge < -0.3 is 4.74 Å². The minimum Gasteiger partial charge on any atom is -0.497 e. The van der Waals surface area contributed by atoms with Crippen LogP contribution in [0.2, 0.25) is 0 Å². The number of hydrazine groups is 1. The fourth-order valence-corrected chi connectivity index (χ4v) is 3.36. The summed E-state index contributed by atoms with van der Waals surface area (Å²) in [7, 11) is 1.60. The third-order valence-electron chi connectivity index (χ3n) is 4.59. The van der Waals surface area contributed by atoms with E-state index in [1.54, 1.807) is 23.3 Å². The van der Waals surface area contributed by atoms with Crippen molar-refractivity contribution in [3.05, 3.63) is 42.0 Å². The molecule has 4 aliphatic rings. The molecule has 0 saturated carbocycles. The van der Waals surface area contributed by atoms with E-state index in [0.29, 0.717) is 0 Å². The van der Waals surface area contributed by atoms with Crippen LogP contribution in [0.1, 0.15) is 18.4 Å². The first kappa shape index (κ1) is 14.7. The van der Waals surface area contributed by atoms with Gasteiger partial charge in [-0.05, 0) is 42.7 Å². The predicted molar refractivity (Wildman–Crippen MR) is 87.3 cm³/mol. The highest BCUT2D eigenvalue weighted by Gasteiger charge is 2.47. The maximum Gasteiger partial charge on any atom is 0.360 e. The van der Waals surface area contributed by atoms with Gasteiger partial charge in [0.05, 0.1) is 25.4 Å². The molecule has 2 atom stereocenters. The highest BCUT2D eigenvalue weighted by molar-refractivity contribution is 5.91. The summed E-state index contributed by atoms with van der Waals surface area (Å²) >= 11 is 0. The monoisotopic (exact) mass is 326 g/mol. The molecule has 5 rings (SSSR count). The Morgan fingerprint density at radius 3 is 2.38 bits per heavy atom. The normalized spacial score (nSPS) is 25.6. The van der Waals surface area contributed by atoms with Crippen molar-refractivity contribution in [3.63, 3.8) is 0 Å². The van der Waals surface area contributed by atoms with E-state index in [9.17, 15) is 9.59 Å². The van der Waals surface area contributed by atoms with Crippen LogP contribution < -0.4 is 4.74 Å². The van der Waals surface area contributed by atoms with Crippen molar-refractivity contribution in [1.29, 1.82) is 0 Å². The molecule has 3 heterocycles. The van der Waals surface area contributed by atoms with Crippen LogP contribution in [-0.2, 0) is 4.79 Å². The summed E-state index contributed by atoms with van der Waals surface area (Å²) in [5.74, 6) is 0.656. The molecular formula is C17H18N4O3. The Kier molecular flexibility index (Phi) is 3.48. The molecule has 0 unspecified atom stereocenters. The number of methoxy groups -OCH3 is 1. The van der Waals surface area contributed by atoms with Gasteiger partial charge >= 0.3 is 6.03 Å². The Balaban J connectivity index is 1.54. The van der Waals surface area contributed by atoms with Gasteiger partial charge in [-0.1, -0.05) is 12.2 Å². The highest BCUT2D eigenvalue weighted by atomic mass is 16.5. The molecular weight excluding hydrogens is 308 g/mol. The number of nitrogens with zero attached hydrogens (tertiary/aromatic N) is 4. The van der Waals surface area contributed by atoms with Gasteiger partial charge in [0, 0.05) is 0 Å². The van der Waals surface area contributed by atoms with E-state index in [-0.39, 0.29) is 30.6 Å². The summed E-state index contributed by atoms with van der Waals surface area (Å²) in [6.07, 6.45) is 7.40. The molecule has 3 aliphatic heterocycles. The van der Waals surface area contributed by atoms with E-state index in [1.807, 2.05) is 36.4 Å². The third-order valence-corrected chi connectivity index (χ3v) is 4.59. The lowest BCUT2D eigenvalue weighted by Crippen LogP contribution is -2.69. The van der Waals surface area contributed by atoms with E-state index in [0.717, 1.165) is 24.2 Å². The first-order valence-electron chi connectivity index (χ1n) is 7.96. The Morgan fingerprint density at radius 2 is 1.75 bits per heavy atom. The molecule has 24 heavy (non-hydrogen) atoms. The summed E-state index contributed by atoms with van der Waals surface area (Å²) < 4.78 is 5.11. The van der Waals surface area contributed by atoms with Gasteiger partial charge in [-0.15, -0.1) is 0 Å². The molecule has 0 radical (unpaired) electrons. The molecule has 7 nitrogen and oxygen atoms in total. The summed E-state index contributed by atoms with van der Waals surface area (Å²) in [4.78, 5) is 25.1. The van der Waals surface area contributed by atoms with Crippen LogP contribution in [0.25, 0.3) is 0 Å². The molecule has 0 aromatic heterocycles. The molecule has 1 aromatic carbocycles. The van der Waals surface area contributed by atoms with Crippen LogP contribution in [0, 0.1) is 0 Å². The second-order valence-corrected chi connectivity index (χ2v) is 6.04. The third kappa shape index (κ3) is 2.33. The molecule has 2 saturated heterocycles. The van der Waals surface area contributed by atoms with Crippen molar-refractivity contribution < 1.29 is 14.3 Å². The summed E-state index contributed by atoms with van der Waals surface area (Å²) in [6.45, 7) is -0.0287. The molecule has 2 fully saturated rings. The second kappa shape index (κ2) is 5.67. The molecule has 3 amide bonds. The van der Waals surface area contributed by atoms with Crippen LogP contribution in [-0.4, -0.2) is 58.9 Å². The van der Waals surface area contributed by atoms with Crippen molar-refractivity contribution in [2.24, 2.45) is 5.10 Å². The molecule has 1 aromatic rings. The summed E-state index contributed by atoms with van der Waals surface area (Å²) in [5.41, 5.74) is 0.832. The zero-order chi connectivity index (χ0) is 16.7. The number of urea groups is 1. The number of hydrogen-bond donors (Lipinski definition) is 0. The van der Waals surface area contributed by atoms with Crippen molar-refractivity contribution in [1.82, 2.24) is 15.0 Å². The number of hydrazone groups is 1. The lowest BCUT2D eigenvalue weighted by atomic mass is 9.93. The fourth-order valence-electron chi connectivity index (χ4n) is 3.36. The molecule has 1 aliphatic carbocycles. The molecule has 0 spiro atoms. The minimum atomic E-state index is -0.251. The number of amides is 3. The van der Waals surface area contributed by atoms with Gasteiger partial charge in [0.1, 0.15) is 12.3 Å². The van der Waals surface area contributed by atoms with Gasteiger partial charge in [-0.3, -0.25) is 4.79 Å². The largest absolute Gasteiger partial charge is 0.497 e. The summed E-state index contributed by atoms with van der Waals surface area (Å²) in [6, 6.07) is 7.02. The molecule has 124 valence electrons. The molecule has 7 heteroatoms. The van der Waals surface area contributed by atoms with Gasteiger partial charge in [0.15, 0.2) is 0 Å². The first-order chi connectivity index (χ1) is 11.7. The van der Waals surface area contributed by atoms with Crippen LogP contribution >= 0.6 is 0 Å². The Bertz CT molecular complexity index is 728. The average molecular weight is 326 g/mol. The standard InChI is InChI=1S/C17H18N4O3/c1-24-15-8-2-12(3-9-15)10-18-19-11-16(22)20-13-4-6-14(7-5-13)21(20)17(19)23/h2-4,6,8-10,13-14H,5,7,11H2,1H3/b18-10-/t13-,14+/m1/s1. The van der Waals surface area contributed by atoms with E-state index in [4.69, 9.17) is 4.74 Å². The zero-order valence-electron chi connectivity index (χ0n) is 13.3. The topological polar surface area (TPSA) is 65.5 Å². The zero-order valence-corrected chi connectivity index (χ0v) is 13.3. The number of benzene rings is 1. The van der Waals surface area contributed by atoms with Crippen molar-refractivity contribution in [3.8, 4) is 5.75 Å². The van der Waals surface area contributed by atoms with Gasteiger partial charge in [-0.25, -0.2) is 19.8 Å². The number of carbonyl (C=O) groups is 2. The van der Waals surface area contributed by atoms with Crippen LogP contribution in [0.5, 0.6) is 5.75 Å². The van der Waals surface area contributed by atoms with Gasteiger partial charge in [0.25, 0.3) is 5.91 Å². The van der Waals surface area contributed by atoms with Crippen molar-refractivity contribution in [2.75, 3.05) is 13.7 Å². The Labute approximate surface area is 139 Å². The van der Waals surface area contributed by atoms with Crippen LogP contribution in [0.15, 0.2) is 41.5 Å². The number of carbonyl (C=O) groups excluding carboxylic acids is 2. The van der Waals surface area contributed by atoms with E-state index >= 15 is 0 Å². The first-order valence-corrected chi connectivity index (χ1v) is 7.96. The minimum absolute atomic E-state index is 0.000771. The van der Waals surface area contributed by atoms with Crippen molar-refractivity contribution in [2.45, 2.75) is 24.9 Å².